The van der Waals surface area contributed by atoms with E-state index in [9.17, 15) is 27.1 Å². The van der Waals surface area contributed by atoms with Gasteiger partial charge in [0.2, 0.25) is 0 Å². The number of alkyl halides is 5. The van der Waals surface area contributed by atoms with Crippen LogP contribution in [0.3, 0.4) is 0 Å². The molecule has 134 valence electrons. The van der Waals surface area contributed by atoms with Crippen LogP contribution in [0.5, 0.6) is 5.75 Å². The molecule has 2 atom stereocenters. The minimum Gasteiger partial charge on any atom is -0.497 e. The number of hydrogen-bond acceptors (Lipinski definition) is 3. The molecule has 0 fully saturated rings. The molecule has 1 aliphatic rings. The monoisotopic (exact) mass is 359 g/mol. The summed E-state index contributed by atoms with van der Waals surface area (Å²) >= 11 is 0. The smallest absolute Gasteiger partial charge is 0.427 e. The molecule has 0 saturated carbocycles. The number of halogens is 5. The van der Waals surface area contributed by atoms with Crippen molar-refractivity contribution in [2.45, 2.75) is 23.7 Å². The topological polar surface area (TPSA) is 41.5 Å². The molecule has 0 aromatic heterocycles. The van der Waals surface area contributed by atoms with E-state index in [0.717, 1.165) is 6.07 Å². The summed E-state index contributed by atoms with van der Waals surface area (Å²) in [6, 6.07) is 8.19. The summed E-state index contributed by atoms with van der Waals surface area (Å²) in [6.45, 7) is 0. The lowest BCUT2D eigenvalue weighted by molar-refractivity contribution is -0.345. The molecule has 1 heterocycles. The van der Waals surface area contributed by atoms with E-state index in [-0.39, 0.29) is 17.0 Å². The molecule has 2 N–H and O–H groups in total. The van der Waals surface area contributed by atoms with Crippen LogP contribution in [0.2, 0.25) is 0 Å². The molecule has 3 rings (SSSR count). The van der Waals surface area contributed by atoms with Crippen molar-refractivity contribution in [2.24, 2.45) is 0 Å². The maximum Gasteiger partial charge on any atom is 0.427 e. The lowest BCUT2D eigenvalue weighted by Gasteiger charge is -2.46. The van der Waals surface area contributed by atoms with Crippen molar-refractivity contribution in [3.8, 4) is 5.75 Å². The Morgan fingerprint density at radius 3 is 2.28 bits per heavy atom. The average Bonchev–Trinajstić information content (AvgIpc) is 2.57. The van der Waals surface area contributed by atoms with Gasteiger partial charge in [0.15, 0.2) is 0 Å². The highest BCUT2D eigenvalue weighted by Crippen LogP contribution is 2.59. The zero-order valence-electron chi connectivity index (χ0n) is 12.9. The van der Waals surface area contributed by atoms with Crippen LogP contribution in [0.1, 0.15) is 17.2 Å². The summed E-state index contributed by atoms with van der Waals surface area (Å²) in [5.41, 5.74) is -5.65. The van der Waals surface area contributed by atoms with Gasteiger partial charge in [0, 0.05) is 11.3 Å². The standard InChI is InChI=1S/C17H14F5NO2/c1-25-11-7-8-13-12(9-11)15(24,17(20,21)22)16(18,19)14(23-13)10-5-3-2-4-6-10/h2-9,14,23-24H,1H3/t14-,15-/m1/s1. The van der Waals surface area contributed by atoms with Crippen LogP contribution in [-0.4, -0.2) is 24.3 Å². The van der Waals surface area contributed by atoms with Gasteiger partial charge in [0.25, 0.3) is 5.60 Å². The Balaban J connectivity index is 2.27. The van der Waals surface area contributed by atoms with Gasteiger partial charge >= 0.3 is 12.1 Å². The first-order valence-corrected chi connectivity index (χ1v) is 7.30. The normalized spacial score (nSPS) is 25.0. The van der Waals surface area contributed by atoms with Crippen molar-refractivity contribution in [3.63, 3.8) is 0 Å². The van der Waals surface area contributed by atoms with E-state index in [4.69, 9.17) is 4.74 Å². The quantitative estimate of drug-likeness (QED) is 0.788. The molecule has 0 bridgehead atoms. The Labute approximate surface area is 140 Å². The number of anilines is 1. The molecule has 8 heteroatoms. The summed E-state index contributed by atoms with van der Waals surface area (Å²) in [5.74, 6) is -4.64. The molecule has 2 aromatic carbocycles. The number of fused-ring (bicyclic) bond motifs is 1. The Bertz CT molecular complexity index is 778. The highest BCUT2D eigenvalue weighted by atomic mass is 19.4. The molecule has 0 aliphatic carbocycles. The van der Waals surface area contributed by atoms with Crippen molar-refractivity contribution in [1.29, 1.82) is 0 Å². The van der Waals surface area contributed by atoms with Crippen molar-refractivity contribution >= 4 is 5.69 Å². The van der Waals surface area contributed by atoms with E-state index in [2.05, 4.69) is 5.32 Å². The minimum absolute atomic E-state index is 0.0720. The van der Waals surface area contributed by atoms with E-state index in [1.54, 1.807) is 6.07 Å². The van der Waals surface area contributed by atoms with E-state index < -0.39 is 29.3 Å². The predicted molar refractivity (Wildman–Crippen MR) is 80.7 cm³/mol. The van der Waals surface area contributed by atoms with E-state index in [1.807, 2.05) is 0 Å². The van der Waals surface area contributed by atoms with Gasteiger partial charge in [0.1, 0.15) is 11.8 Å². The van der Waals surface area contributed by atoms with Gasteiger partial charge in [-0.05, 0) is 23.8 Å². The predicted octanol–water partition coefficient (Wildman–Crippen LogP) is 4.25. The minimum atomic E-state index is -5.60. The summed E-state index contributed by atoms with van der Waals surface area (Å²) in [7, 11) is 1.19. The molecule has 0 amide bonds. The number of nitrogens with one attached hydrogen (secondary N) is 1. The van der Waals surface area contributed by atoms with Crippen LogP contribution in [0.15, 0.2) is 48.5 Å². The van der Waals surface area contributed by atoms with Gasteiger partial charge in [-0.25, -0.2) is 0 Å². The van der Waals surface area contributed by atoms with Gasteiger partial charge in [0.05, 0.1) is 7.11 Å². The third-order valence-corrected chi connectivity index (χ3v) is 4.30. The summed E-state index contributed by atoms with van der Waals surface area (Å²) in [4.78, 5) is 0. The van der Waals surface area contributed by atoms with Gasteiger partial charge in [-0.2, -0.15) is 22.0 Å². The van der Waals surface area contributed by atoms with Gasteiger partial charge in [-0.15, -0.1) is 0 Å². The van der Waals surface area contributed by atoms with Gasteiger partial charge < -0.3 is 15.2 Å². The van der Waals surface area contributed by atoms with E-state index >= 15 is 0 Å². The molecule has 25 heavy (non-hydrogen) atoms. The molecule has 1 aliphatic heterocycles. The highest BCUT2D eigenvalue weighted by Gasteiger charge is 2.75. The van der Waals surface area contributed by atoms with Crippen molar-refractivity contribution in [2.75, 3.05) is 12.4 Å². The number of rotatable bonds is 2. The van der Waals surface area contributed by atoms with Crippen LogP contribution in [0.25, 0.3) is 0 Å². The SMILES string of the molecule is COc1ccc2c(c1)[C@](O)(C(F)(F)F)C(F)(F)[C@@H](c1ccccc1)N2. The first kappa shape index (κ1) is 17.5. The summed E-state index contributed by atoms with van der Waals surface area (Å²) < 4.78 is 75.6. The van der Waals surface area contributed by atoms with Crippen LogP contribution in [0, 0.1) is 0 Å². The largest absolute Gasteiger partial charge is 0.497 e. The maximum atomic E-state index is 14.9. The Morgan fingerprint density at radius 2 is 1.72 bits per heavy atom. The lowest BCUT2D eigenvalue weighted by atomic mass is 9.76. The summed E-state index contributed by atoms with van der Waals surface area (Å²) in [6.07, 6.45) is -5.60. The molecular formula is C17H14F5NO2. The third kappa shape index (κ3) is 2.43. The van der Waals surface area contributed by atoms with Crippen LogP contribution in [0.4, 0.5) is 27.6 Å². The van der Waals surface area contributed by atoms with Gasteiger partial charge in [-0.1, -0.05) is 30.3 Å². The second-order valence-corrected chi connectivity index (χ2v) is 5.73. The molecular weight excluding hydrogens is 345 g/mol. The molecule has 0 spiro atoms. The van der Waals surface area contributed by atoms with Crippen LogP contribution >= 0.6 is 0 Å². The number of hydrogen-bond donors (Lipinski definition) is 2. The second kappa shape index (κ2) is 5.59. The molecule has 3 nitrogen and oxygen atoms in total. The van der Waals surface area contributed by atoms with Crippen molar-refractivity contribution in [1.82, 2.24) is 0 Å². The fraction of sp³-hybridized carbons (Fsp3) is 0.294. The molecule has 0 saturated heterocycles. The molecule has 0 unspecified atom stereocenters. The zero-order chi connectivity index (χ0) is 18.5. The number of benzene rings is 2. The van der Waals surface area contributed by atoms with Crippen molar-refractivity contribution in [3.05, 3.63) is 59.7 Å². The first-order chi connectivity index (χ1) is 11.6. The fourth-order valence-electron chi connectivity index (χ4n) is 2.99. The third-order valence-electron chi connectivity index (χ3n) is 4.30. The number of ether oxygens (including phenoxy) is 1. The number of aliphatic hydroxyl groups is 1. The Morgan fingerprint density at radius 1 is 1.08 bits per heavy atom. The summed E-state index contributed by atoms with van der Waals surface area (Å²) in [5, 5.41) is 12.7. The van der Waals surface area contributed by atoms with Crippen LogP contribution in [-0.2, 0) is 5.60 Å². The lowest BCUT2D eigenvalue weighted by Crippen LogP contribution is -2.62. The maximum absolute atomic E-state index is 14.9. The Hall–Kier alpha value is -2.35. The zero-order valence-corrected chi connectivity index (χ0v) is 12.9. The second-order valence-electron chi connectivity index (χ2n) is 5.73. The highest BCUT2D eigenvalue weighted by molar-refractivity contribution is 5.62. The van der Waals surface area contributed by atoms with E-state index in [0.29, 0.717) is 0 Å². The van der Waals surface area contributed by atoms with Crippen LogP contribution < -0.4 is 10.1 Å². The first-order valence-electron chi connectivity index (χ1n) is 7.30. The molecule has 0 radical (unpaired) electrons. The fourth-order valence-corrected chi connectivity index (χ4v) is 2.99. The van der Waals surface area contributed by atoms with Crippen molar-refractivity contribution < 1.29 is 31.8 Å². The molecule has 2 aromatic rings. The Kier molecular flexibility index (Phi) is 3.90. The van der Waals surface area contributed by atoms with E-state index in [1.165, 1.54) is 43.5 Å². The number of methoxy groups -OCH3 is 1. The van der Waals surface area contributed by atoms with Gasteiger partial charge in [-0.3, -0.25) is 0 Å². The average molecular weight is 359 g/mol.